The van der Waals surface area contributed by atoms with Crippen molar-refractivity contribution >= 4 is 19.7 Å². The van der Waals surface area contributed by atoms with Crippen LogP contribution in [0.15, 0.2) is 41.4 Å². The van der Waals surface area contributed by atoms with Gasteiger partial charge in [-0.3, -0.25) is 0 Å². The summed E-state index contributed by atoms with van der Waals surface area (Å²) >= 11 is 0. The Morgan fingerprint density at radius 1 is 1.33 bits per heavy atom. The molecule has 0 spiro atoms. The predicted molar refractivity (Wildman–Crippen MR) is 74.6 cm³/mol. The fraction of sp³-hybridized carbons (Fsp3) is 0.154. The number of benzene rings is 1. The molecule has 0 amide bonds. The minimum absolute atomic E-state index is 0.00204. The maximum atomic E-state index is 13.2. The maximum absolute atomic E-state index is 13.2. The zero-order valence-corrected chi connectivity index (χ0v) is 12.5. The monoisotopic (exact) mass is 331 g/mol. The van der Waals surface area contributed by atoms with E-state index in [9.17, 15) is 12.8 Å². The van der Waals surface area contributed by atoms with Crippen LogP contribution in [0.25, 0.3) is 0 Å². The van der Waals surface area contributed by atoms with Crippen LogP contribution in [0.2, 0.25) is 0 Å². The van der Waals surface area contributed by atoms with Crippen LogP contribution in [0.3, 0.4) is 0 Å². The predicted octanol–water partition coefficient (Wildman–Crippen LogP) is 2.74. The molecule has 2 aromatic rings. The molecule has 2 rings (SSSR count). The summed E-state index contributed by atoms with van der Waals surface area (Å²) in [6.45, 7) is 0.00204. The van der Waals surface area contributed by atoms with Gasteiger partial charge in [-0.05, 0) is 30.3 Å². The summed E-state index contributed by atoms with van der Waals surface area (Å²) in [7, 11) is 2.61. The summed E-state index contributed by atoms with van der Waals surface area (Å²) in [6.07, 6.45) is 1.55. The van der Waals surface area contributed by atoms with Crippen LogP contribution < -0.4 is 9.47 Å². The molecule has 112 valence electrons. The number of hydrogen-bond acceptors (Lipinski definition) is 5. The van der Waals surface area contributed by atoms with Gasteiger partial charge in [-0.1, -0.05) is 0 Å². The second-order valence-electron chi connectivity index (χ2n) is 3.99. The second kappa shape index (κ2) is 6.28. The third kappa shape index (κ3) is 3.83. The first-order valence-corrected chi connectivity index (χ1v) is 8.07. The van der Waals surface area contributed by atoms with E-state index in [4.69, 9.17) is 20.2 Å². The molecule has 8 heteroatoms. The Bertz CT molecular complexity index is 752. The first-order chi connectivity index (χ1) is 9.91. The van der Waals surface area contributed by atoms with E-state index in [1.807, 2.05) is 0 Å². The van der Waals surface area contributed by atoms with Gasteiger partial charge in [0.1, 0.15) is 23.1 Å². The fourth-order valence-corrected chi connectivity index (χ4v) is 2.65. The minimum Gasteiger partial charge on any atom is -0.487 e. The summed E-state index contributed by atoms with van der Waals surface area (Å²) in [5.74, 6) is -0.410. The fourth-order valence-electron chi connectivity index (χ4n) is 1.66. The molecule has 0 saturated heterocycles. The van der Waals surface area contributed by atoms with Crippen molar-refractivity contribution in [3.63, 3.8) is 0 Å². The molecule has 0 aliphatic rings. The molecule has 0 aliphatic carbocycles. The Morgan fingerprint density at radius 3 is 2.76 bits per heavy atom. The maximum Gasteiger partial charge on any atom is 0.265 e. The lowest BCUT2D eigenvalue weighted by molar-refractivity contribution is 0.286. The Balaban J connectivity index is 2.29. The summed E-state index contributed by atoms with van der Waals surface area (Å²) in [5.41, 5.74) is 0.613. The average Bonchev–Trinajstić information content (AvgIpc) is 2.45. The van der Waals surface area contributed by atoms with Crippen LogP contribution in [-0.2, 0) is 15.7 Å². The van der Waals surface area contributed by atoms with Crippen LogP contribution >= 0.6 is 10.7 Å². The molecule has 0 bridgehead atoms. The van der Waals surface area contributed by atoms with Crippen LogP contribution in [0.1, 0.15) is 5.56 Å². The molecule has 1 aromatic heterocycles. The number of nitrogens with zero attached hydrogens (tertiary/aromatic N) is 1. The molecular weight excluding hydrogens is 321 g/mol. The quantitative estimate of drug-likeness (QED) is 0.788. The van der Waals surface area contributed by atoms with Crippen LogP contribution in [-0.4, -0.2) is 20.5 Å². The van der Waals surface area contributed by atoms with Crippen molar-refractivity contribution in [2.45, 2.75) is 11.5 Å². The van der Waals surface area contributed by atoms with Gasteiger partial charge in [0.25, 0.3) is 9.05 Å². The van der Waals surface area contributed by atoms with E-state index in [-0.39, 0.29) is 12.4 Å². The highest BCUT2D eigenvalue weighted by Crippen LogP contribution is 2.29. The summed E-state index contributed by atoms with van der Waals surface area (Å²) in [6, 6.07) is 6.49. The molecule has 0 N–H and O–H groups in total. The number of hydrogen-bond donors (Lipinski definition) is 0. The molecule has 0 fully saturated rings. The van der Waals surface area contributed by atoms with Crippen molar-refractivity contribution in [1.82, 2.24) is 4.98 Å². The third-order valence-corrected chi connectivity index (χ3v) is 3.94. The summed E-state index contributed by atoms with van der Waals surface area (Å²) < 4.78 is 46.4. The number of ether oxygens (including phenoxy) is 2. The Kier molecular flexibility index (Phi) is 4.64. The molecular formula is C13H11ClFNO4S. The second-order valence-corrected chi connectivity index (χ2v) is 6.52. The lowest BCUT2D eigenvalue weighted by Crippen LogP contribution is -2.03. The highest BCUT2D eigenvalue weighted by molar-refractivity contribution is 8.13. The van der Waals surface area contributed by atoms with Gasteiger partial charge in [0.2, 0.25) is 5.88 Å². The van der Waals surface area contributed by atoms with Crippen molar-refractivity contribution in [3.05, 3.63) is 47.9 Å². The van der Waals surface area contributed by atoms with E-state index in [2.05, 4.69) is 4.98 Å². The van der Waals surface area contributed by atoms with Gasteiger partial charge in [-0.25, -0.2) is 17.8 Å². The van der Waals surface area contributed by atoms with E-state index in [1.165, 1.54) is 13.2 Å². The van der Waals surface area contributed by atoms with Crippen LogP contribution in [0.5, 0.6) is 11.6 Å². The lowest BCUT2D eigenvalue weighted by Gasteiger charge is -2.11. The number of rotatable bonds is 5. The van der Waals surface area contributed by atoms with Crippen molar-refractivity contribution in [3.8, 4) is 11.6 Å². The molecule has 5 nitrogen and oxygen atoms in total. The van der Waals surface area contributed by atoms with Crippen molar-refractivity contribution in [2.75, 3.05) is 7.11 Å². The largest absolute Gasteiger partial charge is 0.487 e. The molecule has 1 heterocycles. The highest BCUT2D eigenvalue weighted by Gasteiger charge is 2.18. The van der Waals surface area contributed by atoms with Gasteiger partial charge < -0.3 is 9.47 Å². The van der Waals surface area contributed by atoms with E-state index in [0.717, 1.165) is 12.1 Å². The summed E-state index contributed by atoms with van der Waals surface area (Å²) in [4.78, 5) is 3.56. The molecule has 21 heavy (non-hydrogen) atoms. The highest BCUT2D eigenvalue weighted by atomic mass is 35.7. The standard InChI is InChI=1S/C13H11ClFNO4S/c1-19-13-9(3-2-6-16-13)8-20-11-5-4-10(15)7-12(11)21(14,17)18/h2-7H,8H2,1H3. The molecule has 0 radical (unpaired) electrons. The first kappa shape index (κ1) is 15.5. The van der Waals surface area contributed by atoms with Gasteiger partial charge in [-0.15, -0.1) is 0 Å². The topological polar surface area (TPSA) is 65.5 Å². The Labute approximate surface area is 125 Å². The molecule has 0 saturated carbocycles. The molecule has 0 unspecified atom stereocenters. The molecule has 1 aromatic carbocycles. The Hall–Kier alpha value is -1.86. The Morgan fingerprint density at radius 2 is 2.10 bits per heavy atom. The van der Waals surface area contributed by atoms with E-state index in [1.54, 1.807) is 18.3 Å². The SMILES string of the molecule is COc1ncccc1COc1ccc(F)cc1S(=O)(=O)Cl. The van der Waals surface area contributed by atoms with E-state index in [0.29, 0.717) is 11.4 Å². The van der Waals surface area contributed by atoms with Crippen LogP contribution in [0.4, 0.5) is 4.39 Å². The molecule has 0 aliphatic heterocycles. The average molecular weight is 332 g/mol. The van der Waals surface area contributed by atoms with Gasteiger partial charge in [0, 0.05) is 16.9 Å². The first-order valence-electron chi connectivity index (χ1n) is 5.76. The lowest BCUT2D eigenvalue weighted by atomic mass is 10.3. The van der Waals surface area contributed by atoms with Crippen molar-refractivity contribution in [1.29, 1.82) is 0 Å². The number of methoxy groups -OCH3 is 1. The molecule has 0 atom stereocenters. The van der Waals surface area contributed by atoms with Crippen LogP contribution in [0, 0.1) is 5.82 Å². The zero-order valence-electron chi connectivity index (χ0n) is 10.9. The number of aromatic nitrogens is 1. The van der Waals surface area contributed by atoms with Gasteiger partial charge >= 0.3 is 0 Å². The zero-order chi connectivity index (χ0) is 15.5. The number of halogens is 2. The van der Waals surface area contributed by atoms with Gasteiger partial charge in [0.15, 0.2) is 0 Å². The van der Waals surface area contributed by atoms with Crippen molar-refractivity contribution < 1.29 is 22.3 Å². The third-order valence-electron chi connectivity index (χ3n) is 2.59. The summed E-state index contributed by atoms with van der Waals surface area (Å²) in [5, 5.41) is 0. The van der Waals surface area contributed by atoms with Gasteiger partial charge in [-0.2, -0.15) is 0 Å². The van der Waals surface area contributed by atoms with Crippen molar-refractivity contribution in [2.24, 2.45) is 0 Å². The van der Waals surface area contributed by atoms with Gasteiger partial charge in [0.05, 0.1) is 12.7 Å². The minimum atomic E-state index is -4.12. The number of pyridine rings is 1. The van der Waals surface area contributed by atoms with E-state index >= 15 is 0 Å². The smallest absolute Gasteiger partial charge is 0.265 e. The normalized spacial score (nSPS) is 11.2. The van der Waals surface area contributed by atoms with E-state index < -0.39 is 19.8 Å².